The first-order chi connectivity index (χ1) is 24.9. The fourth-order valence-corrected chi connectivity index (χ4v) is 8.30. The van der Waals surface area contributed by atoms with Gasteiger partial charge in [0, 0.05) is 0 Å². The van der Waals surface area contributed by atoms with E-state index in [4.69, 9.17) is 30.4 Å². The van der Waals surface area contributed by atoms with Crippen molar-refractivity contribution in [2.45, 2.75) is 34.0 Å². The Labute approximate surface area is 304 Å². The summed E-state index contributed by atoms with van der Waals surface area (Å²) in [5, 5.41) is 0. The molecule has 6 N–H and O–H groups in total. The van der Waals surface area contributed by atoms with Gasteiger partial charge in [-0.1, -0.05) is 54.6 Å². The van der Waals surface area contributed by atoms with Gasteiger partial charge < -0.3 is 30.4 Å². The lowest BCUT2D eigenvalue weighted by atomic mass is 9.95. The van der Waals surface area contributed by atoms with Crippen molar-refractivity contribution in [3.05, 3.63) is 144 Å². The molecule has 52 heavy (non-hydrogen) atoms. The molecule has 0 heterocycles. The molecular formula is C38H42N4O8S2. The van der Waals surface area contributed by atoms with Crippen molar-refractivity contribution in [2.24, 2.45) is 11.5 Å². The summed E-state index contributed by atoms with van der Waals surface area (Å²) in [7, 11) is -2.57. The average Bonchev–Trinajstić information content (AvgIpc) is 3.18. The SMILES string of the molecule is COc1ccc([C@H](N)[C@@H](NS(=O)(=O)c2cccc(S(=O)(=O)N[C@@H](c3ccc(OC)cc3)[C@@H](N)c3ccc(OC)cc3)c2)c2ccc(OC)cc2)cc1. The zero-order chi connectivity index (χ0) is 37.5. The standard InChI is InChI=1S/C38H42N4O8S2/c1-47-29-16-8-25(9-17-29)35(39)37(27-12-20-31(49-3)21-13-27)41-51(43,44)33-6-5-7-34(24-33)52(45,46)42-38(28-14-22-32(50-4)23-15-28)36(40)26-10-18-30(48-2)19-11-26/h5-24,35-38,41-42H,39-40H2,1-4H3/t35-,36-,37-,38-/m0/s1. The van der Waals surface area contributed by atoms with Crippen LogP contribution in [0, 0.1) is 0 Å². The second-order valence-electron chi connectivity index (χ2n) is 11.8. The fourth-order valence-electron chi connectivity index (χ4n) is 5.64. The van der Waals surface area contributed by atoms with Gasteiger partial charge in [-0.25, -0.2) is 26.3 Å². The van der Waals surface area contributed by atoms with E-state index in [-0.39, 0.29) is 9.79 Å². The zero-order valence-corrected chi connectivity index (χ0v) is 30.7. The summed E-state index contributed by atoms with van der Waals surface area (Å²) in [5.41, 5.74) is 15.8. The van der Waals surface area contributed by atoms with E-state index in [1.54, 1.807) is 111 Å². The number of nitrogens with one attached hydrogen (secondary N) is 2. The highest BCUT2D eigenvalue weighted by Gasteiger charge is 2.31. The van der Waals surface area contributed by atoms with Gasteiger partial charge in [0.2, 0.25) is 20.0 Å². The van der Waals surface area contributed by atoms with Gasteiger partial charge in [0.1, 0.15) is 23.0 Å². The molecule has 0 radical (unpaired) electrons. The Hall–Kier alpha value is -4.96. The molecule has 14 heteroatoms. The maximum atomic E-state index is 14.0. The number of ether oxygens (including phenoxy) is 4. The molecule has 0 fully saturated rings. The number of sulfonamides is 2. The number of hydrogen-bond acceptors (Lipinski definition) is 10. The van der Waals surface area contributed by atoms with Crippen LogP contribution in [0.15, 0.2) is 131 Å². The smallest absolute Gasteiger partial charge is 0.241 e. The van der Waals surface area contributed by atoms with E-state index < -0.39 is 44.2 Å². The highest BCUT2D eigenvalue weighted by molar-refractivity contribution is 7.90. The summed E-state index contributed by atoms with van der Waals surface area (Å²) in [4.78, 5) is -0.562. The molecule has 0 aliphatic carbocycles. The van der Waals surface area contributed by atoms with Crippen LogP contribution in [0.3, 0.4) is 0 Å². The Morgan fingerprint density at radius 2 is 0.712 bits per heavy atom. The third-order valence-corrected chi connectivity index (χ3v) is 11.5. The molecule has 0 saturated carbocycles. The Morgan fingerprint density at radius 1 is 0.442 bits per heavy atom. The van der Waals surface area contributed by atoms with E-state index in [2.05, 4.69) is 9.44 Å². The predicted octanol–water partition coefficient (Wildman–Crippen LogP) is 5.16. The predicted molar refractivity (Wildman–Crippen MR) is 198 cm³/mol. The van der Waals surface area contributed by atoms with Crippen LogP contribution in [-0.4, -0.2) is 45.3 Å². The van der Waals surface area contributed by atoms with E-state index in [1.807, 2.05) is 0 Å². The van der Waals surface area contributed by atoms with Crippen molar-refractivity contribution in [1.29, 1.82) is 0 Å². The fraction of sp³-hybridized carbons (Fsp3) is 0.211. The number of benzene rings is 5. The van der Waals surface area contributed by atoms with Gasteiger partial charge in [0.25, 0.3) is 0 Å². The Morgan fingerprint density at radius 3 is 0.981 bits per heavy atom. The van der Waals surface area contributed by atoms with Gasteiger partial charge in [-0.2, -0.15) is 0 Å². The highest BCUT2D eigenvalue weighted by atomic mass is 32.2. The van der Waals surface area contributed by atoms with Crippen molar-refractivity contribution in [1.82, 2.24) is 9.44 Å². The molecule has 274 valence electrons. The lowest BCUT2D eigenvalue weighted by molar-refractivity contribution is 0.413. The number of nitrogens with two attached hydrogens (primary N) is 2. The first-order valence-corrected chi connectivity index (χ1v) is 19.1. The van der Waals surface area contributed by atoms with Crippen molar-refractivity contribution >= 4 is 20.0 Å². The molecule has 0 aliphatic heterocycles. The minimum Gasteiger partial charge on any atom is -0.497 e. The van der Waals surface area contributed by atoms with Crippen LogP contribution >= 0.6 is 0 Å². The molecule has 0 aliphatic rings. The van der Waals surface area contributed by atoms with Crippen molar-refractivity contribution in [2.75, 3.05) is 28.4 Å². The molecule has 4 atom stereocenters. The maximum Gasteiger partial charge on any atom is 0.241 e. The van der Waals surface area contributed by atoms with E-state index in [9.17, 15) is 16.8 Å². The average molecular weight is 747 g/mol. The summed E-state index contributed by atoms with van der Waals surface area (Å²) >= 11 is 0. The molecule has 0 spiro atoms. The van der Waals surface area contributed by atoms with E-state index >= 15 is 0 Å². The number of hydrogen-bond donors (Lipinski definition) is 4. The molecule has 0 amide bonds. The third-order valence-electron chi connectivity index (χ3n) is 8.66. The normalized spacial score (nSPS) is 14.1. The van der Waals surface area contributed by atoms with Crippen LogP contribution in [0.2, 0.25) is 0 Å². The Balaban J connectivity index is 1.48. The monoisotopic (exact) mass is 746 g/mol. The van der Waals surface area contributed by atoms with Crippen LogP contribution in [-0.2, 0) is 20.0 Å². The van der Waals surface area contributed by atoms with Crippen LogP contribution in [0.5, 0.6) is 23.0 Å². The van der Waals surface area contributed by atoms with Crippen LogP contribution < -0.4 is 39.9 Å². The molecule has 0 saturated heterocycles. The molecule has 12 nitrogen and oxygen atoms in total. The second-order valence-corrected chi connectivity index (χ2v) is 15.2. The van der Waals surface area contributed by atoms with E-state index in [1.165, 1.54) is 32.4 Å². The number of rotatable bonds is 16. The van der Waals surface area contributed by atoms with E-state index in [0.29, 0.717) is 45.3 Å². The molecule has 0 aromatic heterocycles. The molecule has 0 unspecified atom stereocenters. The third kappa shape index (κ3) is 8.91. The van der Waals surface area contributed by atoms with Gasteiger partial charge in [-0.15, -0.1) is 0 Å². The minimum absolute atomic E-state index is 0.281. The van der Waals surface area contributed by atoms with Crippen LogP contribution in [0.4, 0.5) is 0 Å². The van der Waals surface area contributed by atoms with Gasteiger partial charge in [0.05, 0.1) is 62.4 Å². The van der Waals surface area contributed by atoms with Crippen LogP contribution in [0.1, 0.15) is 46.4 Å². The van der Waals surface area contributed by atoms with E-state index in [0.717, 1.165) is 6.07 Å². The van der Waals surface area contributed by atoms with Crippen molar-refractivity contribution in [3.63, 3.8) is 0 Å². The molecule has 5 rings (SSSR count). The molecule has 5 aromatic rings. The maximum absolute atomic E-state index is 14.0. The lowest BCUT2D eigenvalue weighted by Crippen LogP contribution is -2.37. The summed E-state index contributed by atoms with van der Waals surface area (Å²) < 4.78 is 82.7. The first kappa shape index (κ1) is 38.3. The zero-order valence-electron chi connectivity index (χ0n) is 29.1. The van der Waals surface area contributed by atoms with Gasteiger partial charge in [-0.05, 0) is 89.0 Å². The minimum atomic E-state index is -4.35. The second kappa shape index (κ2) is 16.6. The lowest BCUT2D eigenvalue weighted by Gasteiger charge is -2.27. The van der Waals surface area contributed by atoms with Crippen molar-refractivity contribution in [3.8, 4) is 23.0 Å². The summed E-state index contributed by atoms with van der Waals surface area (Å²) in [6.45, 7) is 0. The number of methoxy groups -OCH3 is 4. The quantitative estimate of drug-likeness (QED) is 0.105. The van der Waals surface area contributed by atoms with Crippen molar-refractivity contribution < 1.29 is 35.8 Å². The van der Waals surface area contributed by atoms with Gasteiger partial charge in [0.15, 0.2) is 0 Å². The summed E-state index contributed by atoms with van der Waals surface area (Å²) in [6.07, 6.45) is 0. The first-order valence-electron chi connectivity index (χ1n) is 16.1. The highest BCUT2D eigenvalue weighted by Crippen LogP contribution is 2.33. The summed E-state index contributed by atoms with van der Waals surface area (Å²) in [5.74, 6) is 2.38. The summed E-state index contributed by atoms with van der Waals surface area (Å²) in [6, 6.07) is 29.1. The van der Waals surface area contributed by atoms with Gasteiger partial charge >= 0.3 is 0 Å². The topological polar surface area (TPSA) is 181 Å². The van der Waals surface area contributed by atoms with Gasteiger partial charge in [-0.3, -0.25) is 0 Å². The molecule has 0 bridgehead atoms. The Bertz CT molecular complexity index is 2000. The Kier molecular flexibility index (Phi) is 12.2. The van der Waals surface area contributed by atoms with Crippen LogP contribution in [0.25, 0.3) is 0 Å². The largest absolute Gasteiger partial charge is 0.497 e. The molecule has 5 aromatic carbocycles. The molecular weight excluding hydrogens is 705 g/mol.